The molecule has 0 aliphatic rings. The molecule has 0 fully saturated rings. The van der Waals surface area contributed by atoms with Gasteiger partial charge in [0.05, 0.1) is 0 Å². The summed E-state index contributed by atoms with van der Waals surface area (Å²) >= 11 is 11.3. The highest BCUT2D eigenvalue weighted by molar-refractivity contribution is 6.35. The zero-order valence-electron chi connectivity index (χ0n) is 13.0. The Hall–Kier alpha value is -0.930. The standard InChI is InChI=1S/C8H5Cl2O3.C6H15NO3/c9-5-1-2-7(6(10)3-5)13-8(12)4-11;1-4(8)7(5(2)9)6(3)10/h1-3H,4H2;4-6,8-10H,1-3H3/q-1;/p+1. The zero-order chi connectivity index (χ0) is 18.2. The number of hydrogen-bond donors (Lipinski definition) is 3. The van der Waals surface area contributed by atoms with Crippen LogP contribution in [0.4, 0.5) is 0 Å². The first-order chi connectivity index (χ1) is 10.6. The molecule has 0 aliphatic carbocycles. The molecule has 1 aromatic rings. The van der Waals surface area contributed by atoms with Gasteiger partial charge < -0.3 is 25.2 Å². The van der Waals surface area contributed by atoms with Gasteiger partial charge in [0.1, 0.15) is 23.7 Å². The van der Waals surface area contributed by atoms with E-state index in [0.29, 0.717) is 5.02 Å². The number of aliphatic hydroxyl groups excluding tert-OH is 3. The fourth-order valence-corrected chi connectivity index (χ4v) is 2.10. The van der Waals surface area contributed by atoms with Crippen LogP contribution in [0.5, 0.6) is 5.75 Å². The van der Waals surface area contributed by atoms with Crippen molar-refractivity contribution in [3.63, 3.8) is 0 Å². The zero-order valence-corrected chi connectivity index (χ0v) is 14.5. The van der Waals surface area contributed by atoms with Crippen LogP contribution in [0.25, 0.3) is 0 Å². The molecule has 0 heterocycles. The van der Waals surface area contributed by atoms with Crippen LogP contribution in [0.2, 0.25) is 10.0 Å². The summed E-state index contributed by atoms with van der Waals surface area (Å²) in [7, 11) is 0. The number of halogens is 2. The number of hydrogen-bond acceptors (Lipinski definition) is 6. The Bertz CT molecular complexity index is 477. The molecule has 1 aromatic carbocycles. The third-order valence-corrected chi connectivity index (χ3v) is 3.07. The Morgan fingerprint density at radius 2 is 1.65 bits per heavy atom. The highest BCUT2D eigenvalue weighted by Crippen LogP contribution is 2.27. The Balaban J connectivity index is 0.000000438. The van der Waals surface area contributed by atoms with Crippen LogP contribution in [-0.4, -0.2) is 56.3 Å². The van der Waals surface area contributed by atoms with E-state index >= 15 is 0 Å². The number of carbonyl (C=O) groups excluding carboxylic acids is 1. The van der Waals surface area contributed by atoms with Crippen LogP contribution < -0.4 is 9.84 Å². The van der Waals surface area contributed by atoms with Crippen molar-refractivity contribution in [2.24, 2.45) is 0 Å². The topological polar surface area (TPSA) is 118 Å². The lowest BCUT2D eigenvalue weighted by Gasteiger charge is -2.30. The maximum atomic E-state index is 10.1. The minimum atomic E-state index is -0.833. The van der Waals surface area contributed by atoms with E-state index in [9.17, 15) is 5.11 Å². The van der Waals surface area contributed by atoms with Gasteiger partial charge in [-0.25, -0.2) is 4.90 Å². The monoisotopic (exact) mass is 369 g/mol. The molecule has 3 atom stereocenters. The van der Waals surface area contributed by atoms with Gasteiger partial charge in [-0.15, -0.1) is 0 Å². The minimum Gasteiger partial charge on any atom is -0.842 e. The second-order valence-electron chi connectivity index (χ2n) is 4.56. The number of ether oxygens (including phenoxy) is 1. The smallest absolute Gasteiger partial charge is 0.471 e. The average Bonchev–Trinajstić information content (AvgIpc) is 2.41. The van der Waals surface area contributed by atoms with Crippen LogP contribution in [0.15, 0.2) is 18.2 Å². The number of benzene rings is 1. The van der Waals surface area contributed by atoms with E-state index < -0.39 is 31.3 Å². The lowest BCUT2D eigenvalue weighted by atomic mass is 10.3. The van der Waals surface area contributed by atoms with E-state index in [4.69, 9.17) is 48.1 Å². The summed E-state index contributed by atoms with van der Waals surface area (Å²) in [6, 6.07) is 4.47. The fourth-order valence-electron chi connectivity index (χ4n) is 1.65. The molecule has 0 spiro atoms. The molecular weight excluding hydrogens is 349 g/mol. The minimum absolute atomic E-state index is 0.208. The quantitative estimate of drug-likeness (QED) is 0.301. The average molecular weight is 370 g/mol. The first-order valence-electron chi connectivity index (χ1n) is 6.67. The van der Waals surface area contributed by atoms with Crippen LogP contribution in [-0.2, 0) is 0 Å². The van der Waals surface area contributed by atoms with Gasteiger partial charge in [0.15, 0.2) is 0 Å². The lowest BCUT2D eigenvalue weighted by molar-refractivity contribution is -0.349. The van der Waals surface area contributed by atoms with Gasteiger partial charge in [-0.1, -0.05) is 23.2 Å². The molecular formula is C14H21Cl2NO6. The Labute approximate surface area is 144 Å². The summed E-state index contributed by atoms with van der Waals surface area (Å²) in [4.78, 5) is 9.96. The van der Waals surface area contributed by atoms with Gasteiger partial charge in [0.25, 0.3) is 5.75 Å². The van der Waals surface area contributed by atoms with Crippen molar-refractivity contribution >= 4 is 29.2 Å². The molecule has 3 unspecified atom stereocenters. The van der Waals surface area contributed by atoms with E-state index in [2.05, 4.69) is 0 Å². The second-order valence-corrected chi connectivity index (χ2v) is 5.40. The Morgan fingerprint density at radius 1 is 1.17 bits per heavy atom. The van der Waals surface area contributed by atoms with Crippen LogP contribution in [0.3, 0.4) is 0 Å². The normalized spacial score (nSPS) is 14.5. The summed E-state index contributed by atoms with van der Waals surface area (Å²) in [6.45, 7) is 3.64. The maximum absolute atomic E-state index is 10.1. The maximum Gasteiger partial charge on any atom is 0.471 e. The van der Waals surface area contributed by atoms with Crippen molar-refractivity contribution in [2.45, 2.75) is 39.5 Å². The molecule has 7 nitrogen and oxygen atoms in total. The molecule has 23 heavy (non-hydrogen) atoms. The molecule has 1 rings (SSSR count). The molecule has 0 aliphatic heterocycles. The van der Waals surface area contributed by atoms with E-state index in [0.717, 1.165) is 0 Å². The number of esters is 1. The highest BCUT2D eigenvalue weighted by Gasteiger charge is 2.20. The molecule has 4 N–H and O–H groups in total. The van der Waals surface area contributed by atoms with Crippen molar-refractivity contribution in [3.05, 3.63) is 28.2 Å². The van der Waals surface area contributed by atoms with Gasteiger partial charge in [-0.2, -0.15) is 0 Å². The van der Waals surface area contributed by atoms with E-state index in [1.165, 1.54) is 37.8 Å². The first-order valence-corrected chi connectivity index (χ1v) is 7.43. The van der Waals surface area contributed by atoms with Crippen molar-refractivity contribution in [3.8, 4) is 5.75 Å². The van der Waals surface area contributed by atoms with E-state index in [1.807, 2.05) is 0 Å². The molecule has 0 saturated carbocycles. The summed E-state index contributed by atoms with van der Waals surface area (Å²) in [6.07, 6.45) is -2.50. The van der Waals surface area contributed by atoms with Crippen molar-refractivity contribution in [1.29, 1.82) is 0 Å². The predicted octanol–water partition coefficient (Wildman–Crippen LogP) is 0.538. The summed E-state index contributed by atoms with van der Waals surface area (Å²) in [5.41, 5.74) is 0. The Morgan fingerprint density at radius 3 is 1.96 bits per heavy atom. The van der Waals surface area contributed by atoms with Crippen molar-refractivity contribution in [2.75, 3.05) is 6.61 Å². The van der Waals surface area contributed by atoms with Gasteiger partial charge in [0.2, 0.25) is 0 Å². The molecule has 0 saturated heterocycles. The fraction of sp³-hybridized carbons (Fsp3) is 0.500. The highest BCUT2D eigenvalue weighted by atomic mass is 35.5. The number of aliphatic hydroxyl groups is 3. The van der Waals surface area contributed by atoms with Crippen LogP contribution in [0.1, 0.15) is 20.8 Å². The summed E-state index contributed by atoms with van der Waals surface area (Å²) in [5.74, 6) is -0.413. The largest absolute Gasteiger partial charge is 0.842 e. The van der Waals surface area contributed by atoms with Gasteiger partial charge >= 0.3 is 5.97 Å². The van der Waals surface area contributed by atoms with Gasteiger partial charge in [-0.05, 0) is 32.9 Å². The first kappa shape index (κ1) is 22.1. The molecule has 0 radical (unpaired) electrons. The van der Waals surface area contributed by atoms with E-state index in [-0.39, 0.29) is 10.8 Å². The SMILES string of the molecule is CC(O)N(C(C)O)C(C)O.[O-]CC(=[OH+])Oc1ccc(Cl)cc1Cl. The van der Waals surface area contributed by atoms with Crippen LogP contribution >= 0.6 is 23.2 Å². The predicted molar refractivity (Wildman–Crippen MR) is 85.8 cm³/mol. The summed E-state index contributed by atoms with van der Waals surface area (Å²) < 4.78 is 4.72. The van der Waals surface area contributed by atoms with Crippen molar-refractivity contribution in [1.82, 2.24) is 4.90 Å². The van der Waals surface area contributed by atoms with E-state index in [1.54, 1.807) is 6.07 Å². The third kappa shape index (κ3) is 8.47. The molecule has 0 bridgehead atoms. The molecule has 132 valence electrons. The molecule has 9 heteroatoms. The van der Waals surface area contributed by atoms with Crippen molar-refractivity contribution < 1.29 is 30.0 Å². The molecule has 0 aromatic heterocycles. The summed E-state index contributed by atoms with van der Waals surface area (Å²) in [5, 5.41) is 37.7. The third-order valence-electron chi connectivity index (χ3n) is 2.54. The number of nitrogens with zero attached hydrogens (tertiary/aromatic N) is 1. The van der Waals surface area contributed by atoms with Crippen LogP contribution in [0, 0.1) is 0 Å². The Kier molecular flexibility index (Phi) is 10.3. The van der Waals surface area contributed by atoms with Gasteiger partial charge in [0, 0.05) is 17.7 Å². The second kappa shape index (κ2) is 10.8. The molecule has 0 amide bonds. The number of rotatable bonds is 5. The lowest BCUT2D eigenvalue weighted by Crippen LogP contribution is -2.45. The van der Waals surface area contributed by atoms with Gasteiger partial charge in [-0.3, -0.25) is 4.74 Å².